The summed E-state index contributed by atoms with van der Waals surface area (Å²) in [7, 11) is 3.35. The van der Waals surface area contributed by atoms with Crippen LogP contribution in [-0.2, 0) is 12.8 Å². The van der Waals surface area contributed by atoms with E-state index in [9.17, 15) is 5.11 Å². The van der Waals surface area contributed by atoms with Gasteiger partial charge in [0.2, 0.25) is 0 Å². The molecule has 1 N–H and O–H groups in total. The molecule has 0 spiro atoms. The highest BCUT2D eigenvalue weighted by Crippen LogP contribution is 2.45. The summed E-state index contributed by atoms with van der Waals surface area (Å²) in [5.74, 6) is 2.06. The quantitative estimate of drug-likeness (QED) is 0.897. The number of phenolic OH excluding ortho intramolecular Hbond substituents is 1. The molecule has 0 aromatic heterocycles. The monoisotopic (exact) mass is 258 g/mol. The third-order valence-corrected chi connectivity index (χ3v) is 4.01. The van der Waals surface area contributed by atoms with Gasteiger partial charge in [0.25, 0.3) is 0 Å². The minimum atomic E-state index is 0.390. The topological polar surface area (TPSA) is 38.7 Å². The normalized spacial score (nSPS) is 13.6. The molecule has 0 atom stereocenters. The molecular formula is C16H18O3. The number of ether oxygens (including phenoxy) is 2. The van der Waals surface area contributed by atoms with E-state index in [4.69, 9.17) is 9.47 Å². The van der Waals surface area contributed by atoms with Crippen molar-refractivity contribution < 1.29 is 14.6 Å². The van der Waals surface area contributed by atoms with Gasteiger partial charge in [0.05, 0.1) is 14.2 Å². The van der Waals surface area contributed by atoms with Crippen LogP contribution in [-0.4, -0.2) is 19.3 Å². The number of methoxy groups -OCH3 is 2. The van der Waals surface area contributed by atoms with E-state index in [2.05, 4.69) is 0 Å². The Morgan fingerprint density at radius 1 is 0.947 bits per heavy atom. The summed E-state index contributed by atoms with van der Waals surface area (Å²) in [6.07, 6.45) is 2.94. The van der Waals surface area contributed by atoms with Crippen molar-refractivity contribution >= 4 is 10.8 Å². The summed E-state index contributed by atoms with van der Waals surface area (Å²) in [6, 6.07) is 3.79. The van der Waals surface area contributed by atoms with Crippen LogP contribution in [0.1, 0.15) is 23.1 Å². The van der Waals surface area contributed by atoms with Crippen LogP contribution in [0, 0.1) is 6.92 Å². The molecule has 1 aliphatic rings. The molecule has 3 nitrogen and oxygen atoms in total. The lowest BCUT2D eigenvalue weighted by molar-refractivity contribution is 0.393. The zero-order valence-corrected chi connectivity index (χ0v) is 11.5. The van der Waals surface area contributed by atoms with Crippen molar-refractivity contribution in [3.8, 4) is 17.2 Å². The smallest absolute Gasteiger partial charge is 0.130 e. The molecule has 0 heterocycles. The second-order valence-electron chi connectivity index (χ2n) is 5.05. The van der Waals surface area contributed by atoms with E-state index in [1.165, 1.54) is 5.56 Å². The van der Waals surface area contributed by atoms with Gasteiger partial charge in [-0.05, 0) is 43.2 Å². The average Bonchev–Trinajstić information content (AvgIpc) is 2.43. The molecule has 0 aliphatic heterocycles. The lowest BCUT2D eigenvalue weighted by Gasteiger charge is -2.23. The van der Waals surface area contributed by atoms with E-state index in [1.807, 2.05) is 19.1 Å². The lowest BCUT2D eigenvalue weighted by atomic mass is 9.85. The van der Waals surface area contributed by atoms with Crippen LogP contribution >= 0.6 is 0 Å². The van der Waals surface area contributed by atoms with Crippen molar-refractivity contribution in [2.75, 3.05) is 14.2 Å². The number of phenols is 1. The van der Waals surface area contributed by atoms with Crippen LogP contribution in [0.25, 0.3) is 10.8 Å². The van der Waals surface area contributed by atoms with Crippen molar-refractivity contribution in [3.63, 3.8) is 0 Å². The van der Waals surface area contributed by atoms with Gasteiger partial charge in [-0.15, -0.1) is 0 Å². The molecule has 3 rings (SSSR count). The molecule has 0 radical (unpaired) electrons. The number of aryl methyl sites for hydroxylation is 3. The largest absolute Gasteiger partial charge is 0.508 e. The van der Waals surface area contributed by atoms with Crippen LogP contribution in [0.5, 0.6) is 17.2 Å². The van der Waals surface area contributed by atoms with Gasteiger partial charge < -0.3 is 14.6 Å². The Kier molecular flexibility index (Phi) is 2.77. The Morgan fingerprint density at radius 3 is 2.32 bits per heavy atom. The van der Waals surface area contributed by atoms with Gasteiger partial charge in [0, 0.05) is 22.6 Å². The average molecular weight is 258 g/mol. The van der Waals surface area contributed by atoms with Crippen LogP contribution in [0.4, 0.5) is 0 Å². The first-order valence-electron chi connectivity index (χ1n) is 6.56. The molecule has 3 heteroatoms. The summed E-state index contributed by atoms with van der Waals surface area (Å²) in [5, 5.41) is 12.4. The number of benzene rings is 2. The fourth-order valence-corrected chi connectivity index (χ4v) is 3.18. The molecule has 0 saturated carbocycles. The van der Waals surface area contributed by atoms with E-state index in [-0.39, 0.29) is 0 Å². The SMILES string of the molecule is COc1cc(OC)c2c(C)cc(O)c3c2c1CCC3. The predicted molar refractivity (Wildman–Crippen MR) is 75.5 cm³/mol. The molecule has 100 valence electrons. The number of aromatic hydroxyl groups is 1. The Morgan fingerprint density at radius 2 is 1.63 bits per heavy atom. The van der Waals surface area contributed by atoms with Crippen molar-refractivity contribution in [3.05, 3.63) is 28.8 Å². The van der Waals surface area contributed by atoms with E-state index in [0.29, 0.717) is 5.75 Å². The van der Waals surface area contributed by atoms with Gasteiger partial charge in [0.15, 0.2) is 0 Å². The zero-order valence-electron chi connectivity index (χ0n) is 11.5. The van der Waals surface area contributed by atoms with Crippen molar-refractivity contribution in [1.29, 1.82) is 0 Å². The molecule has 0 amide bonds. The molecule has 1 aliphatic carbocycles. The minimum Gasteiger partial charge on any atom is -0.508 e. The Balaban J connectivity index is 2.53. The minimum absolute atomic E-state index is 0.390. The Bertz CT molecular complexity index is 659. The van der Waals surface area contributed by atoms with E-state index in [0.717, 1.165) is 52.7 Å². The highest BCUT2D eigenvalue weighted by molar-refractivity contribution is 5.99. The van der Waals surface area contributed by atoms with Gasteiger partial charge in [-0.2, -0.15) is 0 Å². The second kappa shape index (κ2) is 4.34. The van der Waals surface area contributed by atoms with Gasteiger partial charge in [-0.3, -0.25) is 0 Å². The Labute approximate surface area is 112 Å². The zero-order chi connectivity index (χ0) is 13.6. The first kappa shape index (κ1) is 12.2. The summed E-state index contributed by atoms with van der Waals surface area (Å²) in [6.45, 7) is 2.01. The molecule has 0 unspecified atom stereocenters. The summed E-state index contributed by atoms with van der Waals surface area (Å²) in [4.78, 5) is 0. The van der Waals surface area contributed by atoms with E-state index in [1.54, 1.807) is 14.2 Å². The van der Waals surface area contributed by atoms with Gasteiger partial charge in [-0.1, -0.05) is 0 Å². The molecule has 2 aromatic carbocycles. The lowest BCUT2D eigenvalue weighted by Crippen LogP contribution is -2.06. The summed E-state index contributed by atoms with van der Waals surface area (Å²) in [5.41, 5.74) is 3.26. The fraction of sp³-hybridized carbons (Fsp3) is 0.375. The third-order valence-electron chi connectivity index (χ3n) is 4.01. The molecule has 2 aromatic rings. The highest BCUT2D eigenvalue weighted by Gasteiger charge is 2.23. The fourth-order valence-electron chi connectivity index (χ4n) is 3.18. The Hall–Kier alpha value is -1.90. The van der Waals surface area contributed by atoms with E-state index >= 15 is 0 Å². The van der Waals surface area contributed by atoms with Crippen molar-refractivity contribution in [2.45, 2.75) is 26.2 Å². The maximum Gasteiger partial charge on any atom is 0.130 e. The maximum atomic E-state index is 10.2. The number of hydrogen-bond donors (Lipinski definition) is 1. The van der Waals surface area contributed by atoms with Gasteiger partial charge >= 0.3 is 0 Å². The van der Waals surface area contributed by atoms with Gasteiger partial charge in [0.1, 0.15) is 17.2 Å². The summed E-state index contributed by atoms with van der Waals surface area (Å²) >= 11 is 0. The standard InChI is InChI=1S/C16H18O3/c1-9-7-12(17)10-5-4-6-11-13(18-2)8-14(19-3)15(9)16(10)11/h7-8,17H,4-6H2,1-3H3. The van der Waals surface area contributed by atoms with Crippen molar-refractivity contribution in [2.24, 2.45) is 0 Å². The highest BCUT2D eigenvalue weighted by atomic mass is 16.5. The summed E-state index contributed by atoms with van der Waals surface area (Å²) < 4.78 is 11.0. The predicted octanol–water partition coefficient (Wildman–Crippen LogP) is 3.36. The second-order valence-corrected chi connectivity index (χ2v) is 5.05. The molecule has 19 heavy (non-hydrogen) atoms. The number of hydrogen-bond acceptors (Lipinski definition) is 3. The first-order valence-corrected chi connectivity index (χ1v) is 6.56. The molecule has 0 saturated heterocycles. The van der Waals surface area contributed by atoms with E-state index < -0.39 is 0 Å². The first-order chi connectivity index (χ1) is 9.17. The molecule has 0 fully saturated rings. The maximum absolute atomic E-state index is 10.2. The van der Waals surface area contributed by atoms with Crippen LogP contribution in [0.15, 0.2) is 12.1 Å². The van der Waals surface area contributed by atoms with Gasteiger partial charge in [-0.25, -0.2) is 0 Å². The van der Waals surface area contributed by atoms with Crippen LogP contribution in [0.2, 0.25) is 0 Å². The van der Waals surface area contributed by atoms with Crippen molar-refractivity contribution in [1.82, 2.24) is 0 Å². The number of rotatable bonds is 2. The molecule has 0 bridgehead atoms. The molecular weight excluding hydrogens is 240 g/mol. The van der Waals surface area contributed by atoms with Crippen LogP contribution < -0.4 is 9.47 Å². The third kappa shape index (κ3) is 1.65. The van der Waals surface area contributed by atoms with Crippen LogP contribution in [0.3, 0.4) is 0 Å².